The first-order chi connectivity index (χ1) is 8.08. The van der Waals surface area contributed by atoms with E-state index >= 15 is 0 Å². The van der Waals surface area contributed by atoms with Crippen molar-refractivity contribution < 1.29 is 15.0 Å². The van der Waals surface area contributed by atoms with Gasteiger partial charge >= 0.3 is 5.97 Å². The fraction of sp³-hybridized carbons (Fsp3) is 0.250. The lowest BCUT2D eigenvalue weighted by atomic mass is 10.2. The van der Waals surface area contributed by atoms with E-state index in [1.165, 1.54) is 0 Å². The second-order valence-corrected chi connectivity index (χ2v) is 4.31. The van der Waals surface area contributed by atoms with Crippen LogP contribution in [0.1, 0.15) is 6.42 Å². The third-order valence-electron chi connectivity index (χ3n) is 2.56. The minimum atomic E-state index is -1.01. The largest absolute Gasteiger partial charge is 0.481 e. The van der Waals surface area contributed by atoms with Crippen molar-refractivity contribution in [3.8, 4) is 0 Å². The minimum absolute atomic E-state index is 0.222. The molecule has 2 N–H and O–H groups in total. The first-order valence-corrected chi connectivity index (χ1v) is 5.59. The molecule has 1 heterocycles. The van der Waals surface area contributed by atoms with Crippen LogP contribution in [-0.4, -0.2) is 26.9 Å². The van der Waals surface area contributed by atoms with Crippen molar-refractivity contribution in [1.29, 1.82) is 0 Å². The summed E-state index contributed by atoms with van der Waals surface area (Å²) in [5, 5.41) is 19.7. The van der Waals surface area contributed by atoms with E-state index in [1.54, 1.807) is 10.8 Å². The Morgan fingerprint density at radius 1 is 1.41 bits per heavy atom. The zero-order valence-electron chi connectivity index (χ0n) is 9.01. The molecule has 1 unspecified atom stereocenters. The van der Waals surface area contributed by atoms with Crippen LogP contribution >= 0.6 is 11.6 Å². The molecule has 2 aromatic rings. The molecule has 0 aliphatic heterocycles. The van der Waals surface area contributed by atoms with Gasteiger partial charge in [0.2, 0.25) is 0 Å². The Morgan fingerprint density at radius 3 is 2.82 bits per heavy atom. The number of aromatic nitrogens is 1. The average molecular weight is 254 g/mol. The second kappa shape index (κ2) is 4.77. The quantitative estimate of drug-likeness (QED) is 0.877. The first kappa shape index (κ1) is 12.0. The molecule has 17 heavy (non-hydrogen) atoms. The number of fused-ring (bicyclic) bond motifs is 1. The van der Waals surface area contributed by atoms with Crippen LogP contribution in [0, 0.1) is 0 Å². The van der Waals surface area contributed by atoms with Crippen LogP contribution in [0.3, 0.4) is 0 Å². The van der Waals surface area contributed by atoms with Gasteiger partial charge in [-0.15, -0.1) is 0 Å². The fourth-order valence-corrected chi connectivity index (χ4v) is 2.12. The Bertz CT molecular complexity index is 550. The molecule has 0 saturated carbocycles. The molecule has 2 rings (SSSR count). The summed E-state index contributed by atoms with van der Waals surface area (Å²) in [5.41, 5.74) is 0.891. The summed E-state index contributed by atoms with van der Waals surface area (Å²) in [6.45, 7) is 0.222. The van der Waals surface area contributed by atoms with Crippen molar-refractivity contribution in [2.24, 2.45) is 0 Å². The van der Waals surface area contributed by atoms with E-state index in [-0.39, 0.29) is 13.0 Å². The summed E-state index contributed by atoms with van der Waals surface area (Å²) in [6, 6.07) is 7.53. The SMILES string of the molecule is O=C(O)CC(O)Cn1cc(Cl)c2ccccc21. The van der Waals surface area contributed by atoms with Gasteiger partial charge in [0.25, 0.3) is 0 Å². The van der Waals surface area contributed by atoms with Crippen LogP contribution in [-0.2, 0) is 11.3 Å². The Balaban J connectivity index is 2.27. The highest BCUT2D eigenvalue weighted by molar-refractivity contribution is 6.35. The number of carboxylic acid groups (broad SMARTS) is 1. The standard InChI is InChI=1S/C12H12ClNO3/c13-10-7-14(6-8(15)5-12(16)17)11-4-2-1-3-9(10)11/h1-4,7-8,15H,5-6H2,(H,16,17). The average Bonchev–Trinajstić information content (AvgIpc) is 2.55. The lowest BCUT2D eigenvalue weighted by Crippen LogP contribution is -2.19. The normalized spacial score (nSPS) is 12.8. The van der Waals surface area contributed by atoms with Crippen LogP contribution in [0.15, 0.2) is 30.5 Å². The molecule has 1 aromatic heterocycles. The predicted octanol–water partition coefficient (Wildman–Crippen LogP) is 2.13. The maximum absolute atomic E-state index is 10.5. The van der Waals surface area contributed by atoms with Gasteiger partial charge in [-0.1, -0.05) is 29.8 Å². The number of nitrogens with zero attached hydrogens (tertiary/aromatic N) is 1. The van der Waals surface area contributed by atoms with E-state index in [2.05, 4.69) is 0 Å². The maximum atomic E-state index is 10.5. The van der Waals surface area contributed by atoms with Crippen molar-refractivity contribution in [3.05, 3.63) is 35.5 Å². The Hall–Kier alpha value is -1.52. The smallest absolute Gasteiger partial charge is 0.306 e. The highest BCUT2D eigenvalue weighted by Gasteiger charge is 2.13. The van der Waals surface area contributed by atoms with Gasteiger partial charge in [-0.05, 0) is 6.07 Å². The van der Waals surface area contributed by atoms with Crippen LogP contribution in [0.2, 0.25) is 5.02 Å². The summed E-state index contributed by atoms with van der Waals surface area (Å²) >= 11 is 6.05. The van der Waals surface area contributed by atoms with E-state index in [9.17, 15) is 9.90 Å². The summed E-state index contributed by atoms with van der Waals surface area (Å²) < 4.78 is 1.77. The van der Waals surface area contributed by atoms with Crippen molar-refractivity contribution in [1.82, 2.24) is 4.57 Å². The van der Waals surface area contributed by atoms with Gasteiger partial charge in [-0.2, -0.15) is 0 Å². The monoisotopic (exact) mass is 253 g/mol. The number of benzene rings is 1. The highest BCUT2D eigenvalue weighted by Crippen LogP contribution is 2.25. The van der Waals surface area contributed by atoms with E-state index in [0.29, 0.717) is 5.02 Å². The number of aliphatic hydroxyl groups excluding tert-OH is 1. The number of rotatable bonds is 4. The van der Waals surface area contributed by atoms with Gasteiger partial charge in [-0.25, -0.2) is 0 Å². The molecule has 1 atom stereocenters. The summed E-state index contributed by atoms with van der Waals surface area (Å²) in [7, 11) is 0. The predicted molar refractivity (Wildman–Crippen MR) is 65.2 cm³/mol. The second-order valence-electron chi connectivity index (χ2n) is 3.90. The molecule has 0 amide bonds. The number of halogens is 1. The number of hydrogen-bond donors (Lipinski definition) is 2. The third-order valence-corrected chi connectivity index (χ3v) is 2.86. The van der Waals surface area contributed by atoms with E-state index in [4.69, 9.17) is 16.7 Å². The van der Waals surface area contributed by atoms with Crippen molar-refractivity contribution in [2.75, 3.05) is 0 Å². The van der Waals surface area contributed by atoms with Crippen molar-refractivity contribution >= 4 is 28.5 Å². The topological polar surface area (TPSA) is 62.5 Å². The van der Waals surface area contributed by atoms with E-state index in [1.807, 2.05) is 24.3 Å². The number of para-hydroxylation sites is 1. The highest BCUT2D eigenvalue weighted by atomic mass is 35.5. The Labute approximate surface area is 103 Å². The van der Waals surface area contributed by atoms with E-state index in [0.717, 1.165) is 10.9 Å². The minimum Gasteiger partial charge on any atom is -0.481 e. The van der Waals surface area contributed by atoms with Crippen molar-refractivity contribution in [3.63, 3.8) is 0 Å². The lowest BCUT2D eigenvalue weighted by molar-refractivity contribution is -0.139. The van der Waals surface area contributed by atoms with Crippen LogP contribution < -0.4 is 0 Å². The number of carbonyl (C=O) groups is 1. The van der Waals surface area contributed by atoms with Gasteiger partial charge in [0.1, 0.15) is 0 Å². The molecular weight excluding hydrogens is 242 g/mol. The Morgan fingerprint density at radius 2 is 2.12 bits per heavy atom. The molecule has 0 spiro atoms. The molecule has 1 aromatic carbocycles. The molecule has 0 saturated heterocycles. The van der Waals surface area contributed by atoms with Crippen LogP contribution in [0.4, 0.5) is 0 Å². The number of aliphatic carboxylic acids is 1. The summed E-state index contributed by atoms with van der Waals surface area (Å²) in [6.07, 6.45) is 0.515. The summed E-state index contributed by atoms with van der Waals surface area (Å²) in [5.74, 6) is -1.01. The van der Waals surface area contributed by atoms with Crippen molar-refractivity contribution in [2.45, 2.75) is 19.1 Å². The van der Waals surface area contributed by atoms with Gasteiger partial charge in [0.05, 0.1) is 17.5 Å². The van der Waals surface area contributed by atoms with E-state index < -0.39 is 12.1 Å². The Kier molecular flexibility index (Phi) is 3.36. The fourth-order valence-electron chi connectivity index (χ4n) is 1.85. The van der Waals surface area contributed by atoms with Crippen LogP contribution in [0.5, 0.6) is 0 Å². The van der Waals surface area contributed by atoms with Gasteiger partial charge < -0.3 is 14.8 Å². The van der Waals surface area contributed by atoms with Gasteiger partial charge in [0, 0.05) is 23.6 Å². The molecule has 0 radical (unpaired) electrons. The summed E-state index contributed by atoms with van der Waals surface area (Å²) in [4.78, 5) is 10.5. The molecule has 0 aliphatic carbocycles. The van der Waals surface area contributed by atoms with Crippen LogP contribution in [0.25, 0.3) is 10.9 Å². The van der Waals surface area contributed by atoms with Gasteiger partial charge in [0.15, 0.2) is 0 Å². The third kappa shape index (κ3) is 2.60. The lowest BCUT2D eigenvalue weighted by Gasteiger charge is -2.10. The zero-order valence-corrected chi connectivity index (χ0v) is 9.76. The molecule has 4 nitrogen and oxygen atoms in total. The molecule has 0 aliphatic rings. The first-order valence-electron chi connectivity index (χ1n) is 5.21. The molecular formula is C12H12ClNO3. The molecule has 0 fully saturated rings. The molecule has 90 valence electrons. The maximum Gasteiger partial charge on any atom is 0.306 e. The number of carboxylic acids is 1. The number of hydrogen-bond acceptors (Lipinski definition) is 2. The molecule has 0 bridgehead atoms. The zero-order chi connectivity index (χ0) is 12.4. The van der Waals surface area contributed by atoms with Gasteiger partial charge in [-0.3, -0.25) is 4.79 Å². The number of aliphatic hydroxyl groups is 1. The molecule has 5 heteroatoms.